The van der Waals surface area contributed by atoms with Crippen molar-refractivity contribution in [3.63, 3.8) is 0 Å². The number of hydrogen-bond donors (Lipinski definition) is 0. The molecule has 29 heavy (non-hydrogen) atoms. The molecule has 0 radical (unpaired) electrons. The van der Waals surface area contributed by atoms with E-state index >= 15 is 0 Å². The van der Waals surface area contributed by atoms with Gasteiger partial charge in [-0.2, -0.15) is 0 Å². The molecule has 0 aliphatic carbocycles. The van der Waals surface area contributed by atoms with E-state index in [1.807, 2.05) is 0 Å². The SMILES string of the molecule is CCCC[n+]1ccn(-c2cccc(CP(c3ccccc3)c3ccccc3)c2)c1. The third-order valence-electron chi connectivity index (χ3n) is 5.15. The number of rotatable bonds is 8. The predicted molar refractivity (Wildman–Crippen MR) is 124 cm³/mol. The van der Waals surface area contributed by atoms with Gasteiger partial charge in [0.15, 0.2) is 0 Å². The summed E-state index contributed by atoms with van der Waals surface area (Å²) in [7, 11) is -0.426. The first kappa shape index (κ1) is 19.6. The quantitative estimate of drug-likeness (QED) is 0.285. The minimum Gasteiger partial charge on any atom is -0.236 e. The maximum absolute atomic E-state index is 2.34. The molecule has 0 amide bonds. The highest BCUT2D eigenvalue weighted by Crippen LogP contribution is 2.38. The van der Waals surface area contributed by atoms with Gasteiger partial charge in [0, 0.05) is 6.16 Å². The second-order valence-corrected chi connectivity index (χ2v) is 9.54. The Labute approximate surface area is 175 Å². The molecule has 0 saturated heterocycles. The molecule has 1 aromatic heterocycles. The standard InChI is InChI=1S/C26H28N2P/c1-2-3-17-27-18-19-28(22-27)24-12-10-11-23(20-24)21-29(25-13-6-4-7-14-25)26-15-8-5-9-16-26/h4-16,18-20,22H,2-3,17,21H2,1H3/q+1. The van der Waals surface area contributed by atoms with Gasteiger partial charge in [-0.25, -0.2) is 9.13 Å². The van der Waals surface area contributed by atoms with E-state index < -0.39 is 7.92 Å². The van der Waals surface area contributed by atoms with Gasteiger partial charge in [-0.15, -0.1) is 0 Å². The van der Waals surface area contributed by atoms with Crippen molar-refractivity contribution < 1.29 is 4.57 Å². The van der Waals surface area contributed by atoms with Crippen LogP contribution in [0.5, 0.6) is 0 Å². The maximum atomic E-state index is 2.34. The minimum atomic E-state index is -0.426. The number of nitrogens with zero attached hydrogens (tertiary/aromatic N) is 2. The molecule has 0 bridgehead atoms. The van der Waals surface area contributed by atoms with Gasteiger partial charge in [-0.1, -0.05) is 86.1 Å². The lowest BCUT2D eigenvalue weighted by Crippen LogP contribution is -2.30. The molecule has 0 aliphatic rings. The lowest BCUT2D eigenvalue weighted by Gasteiger charge is -2.19. The number of aromatic nitrogens is 2. The van der Waals surface area contributed by atoms with Gasteiger partial charge in [0.05, 0.1) is 6.54 Å². The molecule has 0 unspecified atom stereocenters. The van der Waals surface area contributed by atoms with E-state index in [1.165, 1.54) is 34.7 Å². The Morgan fingerprint density at radius 3 is 2.17 bits per heavy atom. The Morgan fingerprint density at radius 1 is 0.828 bits per heavy atom. The highest BCUT2D eigenvalue weighted by Gasteiger charge is 2.15. The van der Waals surface area contributed by atoms with E-state index in [4.69, 9.17) is 0 Å². The Bertz CT molecular complexity index is 985. The van der Waals surface area contributed by atoms with Crippen molar-refractivity contribution in [1.82, 2.24) is 4.57 Å². The van der Waals surface area contributed by atoms with Crippen LogP contribution in [0.3, 0.4) is 0 Å². The zero-order valence-corrected chi connectivity index (χ0v) is 17.9. The first-order valence-corrected chi connectivity index (χ1v) is 11.9. The second kappa shape index (κ2) is 9.67. The van der Waals surface area contributed by atoms with Crippen LogP contribution in [0, 0.1) is 0 Å². The molecule has 0 fully saturated rings. The highest BCUT2D eigenvalue weighted by molar-refractivity contribution is 7.72. The van der Waals surface area contributed by atoms with Crippen LogP contribution in [0.4, 0.5) is 0 Å². The van der Waals surface area contributed by atoms with Gasteiger partial charge >= 0.3 is 0 Å². The predicted octanol–water partition coefficient (Wildman–Crippen LogP) is 5.20. The smallest absolute Gasteiger partial charge is 0.236 e. The van der Waals surface area contributed by atoms with Crippen LogP contribution in [0.25, 0.3) is 5.69 Å². The van der Waals surface area contributed by atoms with Crippen LogP contribution in [-0.4, -0.2) is 4.57 Å². The molecule has 0 atom stereocenters. The number of hydrogen-bond acceptors (Lipinski definition) is 0. The Kier molecular flexibility index (Phi) is 6.54. The zero-order valence-electron chi connectivity index (χ0n) is 17.0. The molecule has 3 aromatic carbocycles. The van der Waals surface area contributed by atoms with Crippen LogP contribution in [-0.2, 0) is 12.7 Å². The van der Waals surface area contributed by atoms with Crippen molar-refractivity contribution >= 4 is 18.5 Å². The normalized spacial score (nSPS) is 11.1. The number of imidazole rings is 1. The van der Waals surface area contributed by atoms with Gasteiger partial charge in [0.25, 0.3) is 0 Å². The van der Waals surface area contributed by atoms with Crippen LogP contribution in [0.15, 0.2) is 104 Å². The monoisotopic (exact) mass is 399 g/mol. The van der Waals surface area contributed by atoms with Crippen molar-refractivity contribution in [2.24, 2.45) is 0 Å². The first-order chi connectivity index (χ1) is 14.3. The summed E-state index contributed by atoms with van der Waals surface area (Å²) in [6.07, 6.45) is 10.0. The summed E-state index contributed by atoms with van der Waals surface area (Å²) in [6, 6.07) is 30.9. The fourth-order valence-electron chi connectivity index (χ4n) is 3.57. The first-order valence-electron chi connectivity index (χ1n) is 10.4. The van der Waals surface area contributed by atoms with Crippen molar-refractivity contribution in [2.75, 3.05) is 0 Å². The number of benzene rings is 3. The second-order valence-electron chi connectivity index (χ2n) is 7.34. The molecule has 2 nitrogen and oxygen atoms in total. The van der Waals surface area contributed by atoms with Crippen molar-refractivity contribution in [2.45, 2.75) is 32.5 Å². The fraction of sp³-hybridized carbons (Fsp3) is 0.192. The van der Waals surface area contributed by atoms with E-state index in [1.54, 1.807) is 0 Å². The maximum Gasteiger partial charge on any atom is 0.248 e. The lowest BCUT2D eigenvalue weighted by atomic mass is 10.2. The summed E-state index contributed by atoms with van der Waals surface area (Å²) in [6.45, 7) is 3.31. The van der Waals surface area contributed by atoms with Gasteiger partial charge < -0.3 is 0 Å². The van der Waals surface area contributed by atoms with Gasteiger partial charge in [0.1, 0.15) is 18.1 Å². The van der Waals surface area contributed by atoms with Gasteiger partial charge in [0.2, 0.25) is 6.33 Å². The van der Waals surface area contributed by atoms with Crippen molar-refractivity contribution in [3.05, 3.63) is 109 Å². The average molecular weight is 399 g/mol. The van der Waals surface area contributed by atoms with E-state index in [-0.39, 0.29) is 0 Å². The molecule has 4 rings (SSSR count). The molecular formula is C26H28N2P+. The molecule has 146 valence electrons. The number of unbranched alkanes of at least 4 members (excludes halogenated alkanes) is 1. The minimum absolute atomic E-state index is 0.426. The summed E-state index contributed by atoms with van der Waals surface area (Å²) >= 11 is 0. The fourth-order valence-corrected chi connectivity index (χ4v) is 5.85. The summed E-state index contributed by atoms with van der Waals surface area (Å²) in [5.41, 5.74) is 2.61. The Balaban J connectivity index is 1.60. The third kappa shape index (κ3) is 5.02. The van der Waals surface area contributed by atoms with Crippen LogP contribution in [0.2, 0.25) is 0 Å². The lowest BCUT2D eigenvalue weighted by molar-refractivity contribution is -0.696. The topological polar surface area (TPSA) is 8.81 Å². The Hall–Kier alpha value is -2.70. The molecule has 3 heteroatoms. The van der Waals surface area contributed by atoms with E-state index in [9.17, 15) is 0 Å². The van der Waals surface area contributed by atoms with Crippen LogP contribution < -0.4 is 15.2 Å². The number of aryl methyl sites for hydroxylation is 1. The zero-order chi connectivity index (χ0) is 19.9. The molecular weight excluding hydrogens is 371 g/mol. The summed E-state index contributed by atoms with van der Waals surface area (Å²) in [4.78, 5) is 0. The summed E-state index contributed by atoms with van der Waals surface area (Å²) in [5.74, 6) is 0. The molecule has 0 N–H and O–H groups in total. The largest absolute Gasteiger partial charge is 0.248 e. The third-order valence-corrected chi connectivity index (χ3v) is 7.67. The molecule has 0 spiro atoms. The molecule has 1 heterocycles. The van der Waals surface area contributed by atoms with E-state index in [0.717, 1.165) is 12.7 Å². The van der Waals surface area contributed by atoms with E-state index in [2.05, 4.69) is 120 Å². The highest BCUT2D eigenvalue weighted by atomic mass is 31.1. The Morgan fingerprint density at radius 2 is 1.52 bits per heavy atom. The van der Waals surface area contributed by atoms with Crippen molar-refractivity contribution in [1.29, 1.82) is 0 Å². The summed E-state index contributed by atoms with van der Waals surface area (Å²) in [5, 5.41) is 2.86. The van der Waals surface area contributed by atoms with Gasteiger partial charge in [-0.3, -0.25) is 0 Å². The van der Waals surface area contributed by atoms with Crippen LogP contribution >= 0.6 is 7.92 Å². The molecule has 0 saturated carbocycles. The molecule has 0 aliphatic heterocycles. The summed E-state index contributed by atoms with van der Waals surface area (Å²) < 4.78 is 4.50. The molecule has 4 aromatic rings. The van der Waals surface area contributed by atoms with Crippen LogP contribution in [0.1, 0.15) is 25.3 Å². The van der Waals surface area contributed by atoms with Crippen molar-refractivity contribution in [3.8, 4) is 5.69 Å². The van der Waals surface area contributed by atoms with E-state index in [0.29, 0.717) is 0 Å². The average Bonchev–Trinajstić information content (AvgIpc) is 3.26. The van der Waals surface area contributed by atoms with Gasteiger partial charge in [-0.05, 0) is 42.6 Å².